The Labute approximate surface area is 156 Å². The highest BCUT2D eigenvalue weighted by atomic mass is 19.4. The van der Waals surface area contributed by atoms with Crippen molar-refractivity contribution >= 4 is 5.96 Å². The largest absolute Gasteiger partial charge is 0.468 e. The number of rotatable bonds is 8. The first-order valence-corrected chi connectivity index (χ1v) is 8.67. The molecule has 1 aromatic heterocycles. The molecular formula is C19H23F3N4O. The summed E-state index contributed by atoms with van der Waals surface area (Å²) in [5.74, 6) is 0.574. The van der Waals surface area contributed by atoms with Crippen LogP contribution in [-0.2, 0) is 13.0 Å². The van der Waals surface area contributed by atoms with Crippen molar-refractivity contribution in [2.24, 2.45) is 4.99 Å². The van der Waals surface area contributed by atoms with Gasteiger partial charge in [0.25, 0.3) is 0 Å². The molecule has 0 spiro atoms. The van der Waals surface area contributed by atoms with Crippen molar-refractivity contribution in [3.8, 4) is 5.88 Å². The number of guanidine groups is 1. The van der Waals surface area contributed by atoms with Crippen molar-refractivity contribution in [3.63, 3.8) is 0 Å². The molecule has 2 aromatic rings. The molecule has 0 fully saturated rings. The van der Waals surface area contributed by atoms with Crippen LogP contribution in [0.25, 0.3) is 0 Å². The van der Waals surface area contributed by atoms with Gasteiger partial charge in [-0.3, -0.25) is 0 Å². The normalized spacial score (nSPS) is 11.9. The Hall–Kier alpha value is -2.77. The first-order valence-electron chi connectivity index (χ1n) is 8.67. The van der Waals surface area contributed by atoms with E-state index < -0.39 is 12.8 Å². The number of nitrogens with one attached hydrogen (secondary N) is 2. The third kappa shape index (κ3) is 8.44. The minimum atomic E-state index is -4.39. The number of benzene rings is 1. The third-order valence-electron chi connectivity index (χ3n) is 3.50. The monoisotopic (exact) mass is 380 g/mol. The molecule has 0 saturated carbocycles. The second-order valence-corrected chi connectivity index (χ2v) is 5.76. The average molecular weight is 380 g/mol. The number of aliphatic imine (C=N–C) groups is 1. The van der Waals surface area contributed by atoms with Crippen molar-refractivity contribution in [2.45, 2.75) is 26.1 Å². The van der Waals surface area contributed by atoms with Gasteiger partial charge in [-0.25, -0.2) is 9.98 Å². The maximum atomic E-state index is 12.2. The van der Waals surface area contributed by atoms with Crippen LogP contribution in [0.1, 0.15) is 18.1 Å². The Kier molecular flexibility index (Phi) is 7.91. The van der Waals surface area contributed by atoms with Gasteiger partial charge in [-0.1, -0.05) is 30.3 Å². The van der Waals surface area contributed by atoms with Gasteiger partial charge in [0, 0.05) is 25.4 Å². The van der Waals surface area contributed by atoms with Crippen LogP contribution in [0.5, 0.6) is 5.88 Å². The van der Waals surface area contributed by atoms with Crippen molar-refractivity contribution in [3.05, 3.63) is 59.8 Å². The van der Waals surface area contributed by atoms with E-state index in [1.807, 2.05) is 25.1 Å². The number of hydrogen-bond donors (Lipinski definition) is 2. The van der Waals surface area contributed by atoms with E-state index in [1.54, 1.807) is 6.07 Å². The SMILES string of the molecule is CCNC(=NCc1ccnc(OCC(F)(F)F)c1)NCCc1ccccc1. The second kappa shape index (κ2) is 10.4. The lowest BCUT2D eigenvalue weighted by Gasteiger charge is -2.12. The van der Waals surface area contributed by atoms with Crippen LogP contribution in [-0.4, -0.2) is 36.8 Å². The minimum absolute atomic E-state index is 0.0675. The predicted octanol–water partition coefficient (Wildman–Crippen LogP) is 3.32. The van der Waals surface area contributed by atoms with Crippen LogP contribution >= 0.6 is 0 Å². The van der Waals surface area contributed by atoms with E-state index in [9.17, 15) is 13.2 Å². The highest BCUT2D eigenvalue weighted by molar-refractivity contribution is 5.79. The summed E-state index contributed by atoms with van der Waals surface area (Å²) in [6, 6.07) is 13.2. The Bertz CT molecular complexity index is 720. The quantitative estimate of drug-likeness (QED) is 0.545. The number of pyridine rings is 1. The smallest absolute Gasteiger partial charge is 0.422 e. The summed E-state index contributed by atoms with van der Waals surface area (Å²) in [6.07, 6.45) is -2.13. The van der Waals surface area contributed by atoms with Crippen LogP contribution < -0.4 is 15.4 Å². The second-order valence-electron chi connectivity index (χ2n) is 5.76. The maximum Gasteiger partial charge on any atom is 0.422 e. The molecule has 0 saturated heterocycles. The number of hydrogen-bond acceptors (Lipinski definition) is 3. The fourth-order valence-electron chi connectivity index (χ4n) is 2.27. The molecule has 0 radical (unpaired) electrons. The molecule has 0 aliphatic rings. The summed E-state index contributed by atoms with van der Waals surface area (Å²) in [7, 11) is 0. The molecule has 8 heteroatoms. The number of nitrogens with zero attached hydrogens (tertiary/aromatic N) is 2. The van der Waals surface area contributed by atoms with Gasteiger partial charge in [-0.15, -0.1) is 0 Å². The topological polar surface area (TPSA) is 58.5 Å². The highest BCUT2D eigenvalue weighted by Crippen LogP contribution is 2.17. The molecule has 0 aliphatic carbocycles. The van der Waals surface area contributed by atoms with Crippen LogP contribution in [0.15, 0.2) is 53.7 Å². The van der Waals surface area contributed by atoms with Crippen LogP contribution in [0.4, 0.5) is 13.2 Å². The van der Waals surface area contributed by atoms with Crippen molar-refractivity contribution in [2.75, 3.05) is 19.7 Å². The molecule has 0 amide bonds. The summed E-state index contributed by atoms with van der Waals surface area (Å²) < 4.78 is 41.4. The van der Waals surface area contributed by atoms with Crippen LogP contribution in [0.2, 0.25) is 0 Å². The van der Waals surface area contributed by atoms with Gasteiger partial charge in [0.05, 0.1) is 6.54 Å². The minimum Gasteiger partial charge on any atom is -0.468 e. The van der Waals surface area contributed by atoms with Gasteiger partial charge in [0.15, 0.2) is 12.6 Å². The standard InChI is InChI=1S/C19H23F3N4O/c1-2-23-18(25-11-8-15-6-4-3-5-7-15)26-13-16-9-10-24-17(12-16)27-14-19(20,21)22/h3-7,9-10,12H,2,8,11,13-14H2,1H3,(H2,23,25,26). The van der Waals surface area contributed by atoms with Gasteiger partial charge < -0.3 is 15.4 Å². The van der Waals surface area contributed by atoms with Crippen molar-refractivity contribution < 1.29 is 17.9 Å². The van der Waals surface area contributed by atoms with Crippen molar-refractivity contribution in [1.82, 2.24) is 15.6 Å². The van der Waals surface area contributed by atoms with E-state index in [0.29, 0.717) is 31.2 Å². The van der Waals surface area contributed by atoms with Crippen LogP contribution in [0, 0.1) is 0 Å². The molecule has 0 bridgehead atoms. The number of halogens is 3. The molecule has 0 atom stereocenters. The highest BCUT2D eigenvalue weighted by Gasteiger charge is 2.28. The Morgan fingerprint density at radius 2 is 1.89 bits per heavy atom. The Morgan fingerprint density at radius 1 is 1.11 bits per heavy atom. The summed E-state index contributed by atoms with van der Waals surface area (Å²) >= 11 is 0. The van der Waals surface area contributed by atoms with Gasteiger partial charge in [-0.2, -0.15) is 13.2 Å². The van der Waals surface area contributed by atoms with E-state index in [2.05, 4.69) is 37.5 Å². The van der Waals surface area contributed by atoms with E-state index in [1.165, 1.54) is 17.8 Å². The molecule has 1 heterocycles. The lowest BCUT2D eigenvalue weighted by molar-refractivity contribution is -0.154. The third-order valence-corrected chi connectivity index (χ3v) is 3.50. The van der Waals surface area contributed by atoms with E-state index in [4.69, 9.17) is 0 Å². The zero-order valence-corrected chi connectivity index (χ0v) is 15.1. The van der Waals surface area contributed by atoms with Gasteiger partial charge in [0.1, 0.15) is 0 Å². The molecule has 0 unspecified atom stereocenters. The molecule has 2 N–H and O–H groups in total. The van der Waals surface area contributed by atoms with E-state index >= 15 is 0 Å². The lowest BCUT2D eigenvalue weighted by Crippen LogP contribution is -2.38. The molecule has 5 nitrogen and oxygen atoms in total. The summed E-state index contributed by atoms with van der Waals surface area (Å²) in [5.41, 5.74) is 1.93. The molecule has 27 heavy (non-hydrogen) atoms. The zero-order valence-electron chi connectivity index (χ0n) is 15.1. The molecule has 1 aromatic carbocycles. The van der Waals surface area contributed by atoms with Gasteiger partial charge >= 0.3 is 6.18 Å². The summed E-state index contributed by atoms with van der Waals surface area (Å²) in [6.45, 7) is 2.31. The molecule has 146 valence electrons. The zero-order chi connectivity index (χ0) is 19.5. The van der Waals surface area contributed by atoms with E-state index in [-0.39, 0.29) is 5.88 Å². The van der Waals surface area contributed by atoms with Crippen molar-refractivity contribution in [1.29, 1.82) is 0 Å². The van der Waals surface area contributed by atoms with Gasteiger partial charge in [-0.05, 0) is 30.5 Å². The summed E-state index contributed by atoms with van der Waals surface area (Å²) in [5, 5.41) is 6.38. The Morgan fingerprint density at radius 3 is 2.59 bits per heavy atom. The number of aromatic nitrogens is 1. The predicted molar refractivity (Wildman–Crippen MR) is 98.8 cm³/mol. The van der Waals surface area contributed by atoms with Gasteiger partial charge in [0.2, 0.25) is 5.88 Å². The number of alkyl halides is 3. The average Bonchev–Trinajstić information content (AvgIpc) is 2.65. The summed E-state index contributed by atoms with van der Waals surface area (Å²) in [4.78, 5) is 8.24. The first kappa shape index (κ1) is 20.5. The van der Waals surface area contributed by atoms with Crippen LogP contribution in [0.3, 0.4) is 0 Å². The maximum absolute atomic E-state index is 12.2. The molecule has 2 rings (SSSR count). The number of ether oxygens (including phenoxy) is 1. The Balaban J connectivity index is 1.89. The lowest BCUT2D eigenvalue weighted by atomic mass is 10.1. The first-order chi connectivity index (χ1) is 13.0. The molecule has 0 aliphatic heterocycles. The molecular weight excluding hydrogens is 357 g/mol. The van der Waals surface area contributed by atoms with E-state index in [0.717, 1.165) is 6.42 Å². The fraction of sp³-hybridized carbons (Fsp3) is 0.368. The fourth-order valence-corrected chi connectivity index (χ4v) is 2.27.